The molecule has 0 radical (unpaired) electrons. The zero-order valence-corrected chi connectivity index (χ0v) is 48.5. The van der Waals surface area contributed by atoms with Crippen molar-refractivity contribution in [1.82, 2.24) is 5.32 Å². The molecule has 0 aromatic carbocycles. The summed E-state index contributed by atoms with van der Waals surface area (Å²) in [5.41, 5.74) is 0. The van der Waals surface area contributed by atoms with Gasteiger partial charge in [0, 0.05) is 6.42 Å². The molecule has 0 saturated carbocycles. The average molecular weight is 1080 g/mol. The summed E-state index contributed by atoms with van der Waals surface area (Å²) in [5.74, 6) is -1.28. The predicted octanol–water partition coefficient (Wildman–Crippen LogP) is 14.5. The summed E-state index contributed by atoms with van der Waals surface area (Å²) in [7, 11) is 0. The number of aliphatic hydroxyl groups is 5. The van der Waals surface area contributed by atoms with Crippen molar-refractivity contribution in [2.45, 2.75) is 282 Å². The van der Waals surface area contributed by atoms with E-state index in [1.54, 1.807) is 6.08 Å². The van der Waals surface area contributed by atoms with Gasteiger partial charge < -0.3 is 45.1 Å². The highest BCUT2D eigenvalue weighted by Crippen LogP contribution is 2.26. The summed E-state index contributed by atoms with van der Waals surface area (Å²) in [6.45, 7) is 5.56. The molecule has 1 aliphatic rings. The van der Waals surface area contributed by atoms with Crippen LogP contribution in [0, 0.1) is 0 Å². The Bertz CT molecular complexity index is 1660. The molecule has 1 rings (SSSR count). The van der Waals surface area contributed by atoms with Crippen molar-refractivity contribution in [3.05, 3.63) is 109 Å². The molecule has 0 aromatic heterocycles. The highest BCUT2D eigenvalue weighted by Gasteiger charge is 2.47. The number of aliphatic hydroxyl groups excluding tert-OH is 5. The molecule has 0 bridgehead atoms. The van der Waals surface area contributed by atoms with Gasteiger partial charge in [0.2, 0.25) is 5.91 Å². The molecule has 77 heavy (non-hydrogen) atoms. The summed E-state index contributed by atoms with van der Waals surface area (Å²) >= 11 is 0. The van der Waals surface area contributed by atoms with E-state index in [4.69, 9.17) is 14.2 Å². The predicted molar refractivity (Wildman–Crippen MR) is 319 cm³/mol. The molecule has 1 aliphatic heterocycles. The van der Waals surface area contributed by atoms with Crippen LogP contribution in [0.1, 0.15) is 233 Å². The second kappa shape index (κ2) is 53.0. The van der Waals surface area contributed by atoms with Crippen LogP contribution in [0.2, 0.25) is 0 Å². The van der Waals surface area contributed by atoms with Crippen molar-refractivity contribution in [3.8, 4) is 0 Å². The van der Waals surface area contributed by atoms with Gasteiger partial charge >= 0.3 is 5.97 Å². The minimum Gasteiger partial charge on any atom is -0.454 e. The Labute approximate surface area is 468 Å². The standard InChI is InChI=1S/C66H111NO10/c1-4-7-10-13-16-19-22-25-26-27-28-29-30-31-32-33-36-38-41-44-47-50-53-59(70)65(74)67-57(58(69)52-49-46-43-40-37-34-23-20-17-14-11-8-5-2)56-75-66-64(63(73)62(72)60(55-68)76-66)77-61(71)54-51-48-45-42-39-35-24-21-18-15-12-9-6-3/h9,12,15-16,18-19,21,24-26,28-29,35,39,42,45,49,52,57-60,62-64,66,68-70,72-73H,4-8,10-11,13-14,17,20,22-23,27,30-34,36-38,40-41,43-44,46-48,50-51,53-56H2,1-3H3,(H,67,74)/b12-9+,18-15+,19-16-,24-21-,26-25-,29-28-,39-35-,45-42+,52-49+. The first-order chi connectivity index (χ1) is 37.7. The number of rotatable bonds is 50. The Hall–Kier alpha value is -3.68. The fourth-order valence-electron chi connectivity index (χ4n) is 8.92. The first-order valence-electron chi connectivity index (χ1n) is 30.7. The van der Waals surface area contributed by atoms with E-state index in [1.165, 1.54) is 109 Å². The van der Waals surface area contributed by atoms with Crippen LogP contribution in [0.4, 0.5) is 0 Å². The Morgan fingerprint density at radius 1 is 0.532 bits per heavy atom. The van der Waals surface area contributed by atoms with E-state index in [0.29, 0.717) is 19.3 Å². The van der Waals surface area contributed by atoms with Crippen molar-refractivity contribution >= 4 is 11.9 Å². The molecule has 0 spiro atoms. The van der Waals surface area contributed by atoms with Crippen LogP contribution >= 0.6 is 0 Å². The van der Waals surface area contributed by atoms with E-state index >= 15 is 0 Å². The third kappa shape index (κ3) is 41.1. The van der Waals surface area contributed by atoms with Gasteiger partial charge in [-0.3, -0.25) is 9.59 Å². The normalized spacial score (nSPS) is 19.8. The van der Waals surface area contributed by atoms with Gasteiger partial charge in [0.1, 0.15) is 24.4 Å². The van der Waals surface area contributed by atoms with Crippen molar-refractivity contribution in [3.63, 3.8) is 0 Å². The van der Waals surface area contributed by atoms with Crippen LogP contribution in [0.3, 0.4) is 0 Å². The maximum atomic E-state index is 13.4. The Kier molecular flexibility index (Phi) is 49.1. The van der Waals surface area contributed by atoms with E-state index in [1.807, 2.05) is 60.8 Å². The van der Waals surface area contributed by atoms with Crippen LogP contribution in [0.15, 0.2) is 109 Å². The van der Waals surface area contributed by atoms with Crippen molar-refractivity contribution in [1.29, 1.82) is 0 Å². The molecule has 8 atom stereocenters. The molecule has 11 heteroatoms. The lowest BCUT2D eigenvalue weighted by atomic mass is 9.99. The first kappa shape index (κ1) is 71.3. The summed E-state index contributed by atoms with van der Waals surface area (Å²) in [5, 5.41) is 56.9. The van der Waals surface area contributed by atoms with Gasteiger partial charge in [0.25, 0.3) is 0 Å². The SMILES string of the molecule is CC/C=C/C=C/C=C\C=C/C=C/CCCC(=O)OC1C(OCC(NC(=O)C(O)CCCCCCCCCCC/C=C\C/C=C\C/C=C\CCCCC)C(O)/C=C/CCCCCCCCCCCCC)OC(CO)C(O)C1O. The minimum atomic E-state index is -1.65. The Balaban J connectivity index is 2.71. The van der Waals surface area contributed by atoms with E-state index in [-0.39, 0.29) is 19.4 Å². The van der Waals surface area contributed by atoms with Crippen LogP contribution in [-0.2, 0) is 23.8 Å². The zero-order valence-electron chi connectivity index (χ0n) is 48.5. The molecule has 8 unspecified atom stereocenters. The molecule has 11 nitrogen and oxygen atoms in total. The van der Waals surface area contributed by atoms with Crippen molar-refractivity contribution < 1.29 is 49.3 Å². The number of hydrogen-bond donors (Lipinski definition) is 6. The lowest BCUT2D eigenvalue weighted by Crippen LogP contribution is -2.61. The lowest BCUT2D eigenvalue weighted by Gasteiger charge is -2.41. The zero-order chi connectivity index (χ0) is 56.1. The van der Waals surface area contributed by atoms with Gasteiger partial charge in [-0.05, 0) is 77.0 Å². The van der Waals surface area contributed by atoms with Gasteiger partial charge in [-0.25, -0.2) is 0 Å². The summed E-state index contributed by atoms with van der Waals surface area (Å²) in [6, 6.07) is -1.05. The molecular weight excluding hydrogens is 967 g/mol. The third-order valence-electron chi connectivity index (χ3n) is 13.8. The number of nitrogens with one attached hydrogen (secondary N) is 1. The molecule has 1 heterocycles. The molecule has 0 aromatic rings. The van der Waals surface area contributed by atoms with Crippen LogP contribution in [-0.4, -0.2) is 99.6 Å². The van der Waals surface area contributed by atoms with Crippen LogP contribution in [0.25, 0.3) is 0 Å². The number of unbranched alkanes of at least 4 members (excludes halogenated alkanes) is 24. The fourth-order valence-corrected chi connectivity index (χ4v) is 8.92. The van der Waals surface area contributed by atoms with Crippen LogP contribution in [0.5, 0.6) is 0 Å². The number of allylic oxidation sites excluding steroid dienone is 17. The molecule has 440 valence electrons. The summed E-state index contributed by atoms with van der Waals surface area (Å²) in [6.07, 6.45) is 61.4. The quantitative estimate of drug-likeness (QED) is 0.0149. The van der Waals surface area contributed by atoms with E-state index in [2.05, 4.69) is 68.6 Å². The summed E-state index contributed by atoms with van der Waals surface area (Å²) < 4.78 is 17.5. The second-order valence-corrected chi connectivity index (χ2v) is 20.8. The largest absolute Gasteiger partial charge is 0.454 e. The Morgan fingerprint density at radius 2 is 0.987 bits per heavy atom. The van der Waals surface area contributed by atoms with E-state index in [9.17, 15) is 35.1 Å². The topological polar surface area (TPSA) is 175 Å². The number of carbonyl (C=O) groups is 2. The maximum Gasteiger partial charge on any atom is 0.306 e. The summed E-state index contributed by atoms with van der Waals surface area (Å²) in [4.78, 5) is 26.5. The fraction of sp³-hybridized carbons (Fsp3) is 0.697. The van der Waals surface area contributed by atoms with Gasteiger partial charge in [0.05, 0.1) is 25.4 Å². The van der Waals surface area contributed by atoms with Gasteiger partial charge in [-0.2, -0.15) is 0 Å². The number of esters is 1. The molecule has 0 aliphatic carbocycles. The molecule has 1 saturated heterocycles. The van der Waals surface area contributed by atoms with E-state index < -0.39 is 67.4 Å². The minimum absolute atomic E-state index is 0.0217. The van der Waals surface area contributed by atoms with Gasteiger partial charge in [-0.1, -0.05) is 259 Å². The molecular formula is C66H111NO10. The highest BCUT2D eigenvalue weighted by molar-refractivity contribution is 5.80. The monoisotopic (exact) mass is 1080 g/mol. The second-order valence-electron chi connectivity index (χ2n) is 20.8. The van der Waals surface area contributed by atoms with Crippen molar-refractivity contribution in [2.75, 3.05) is 13.2 Å². The third-order valence-corrected chi connectivity index (χ3v) is 13.8. The highest BCUT2D eigenvalue weighted by atomic mass is 16.7. The average Bonchev–Trinajstić information content (AvgIpc) is 3.43. The maximum absolute atomic E-state index is 13.4. The molecule has 1 fully saturated rings. The number of amides is 1. The number of hydrogen-bond acceptors (Lipinski definition) is 10. The van der Waals surface area contributed by atoms with Crippen LogP contribution < -0.4 is 5.32 Å². The lowest BCUT2D eigenvalue weighted by molar-refractivity contribution is -0.305. The number of ether oxygens (including phenoxy) is 3. The van der Waals surface area contributed by atoms with Crippen molar-refractivity contribution in [2.24, 2.45) is 0 Å². The van der Waals surface area contributed by atoms with Gasteiger partial charge in [0.15, 0.2) is 12.4 Å². The first-order valence-corrected chi connectivity index (χ1v) is 30.7. The molecule has 6 N–H and O–H groups in total. The van der Waals surface area contributed by atoms with E-state index in [0.717, 1.165) is 70.6 Å². The number of carbonyl (C=O) groups excluding carboxylic acids is 2. The van der Waals surface area contributed by atoms with Gasteiger partial charge in [-0.15, -0.1) is 0 Å². The Morgan fingerprint density at radius 3 is 1.53 bits per heavy atom. The molecule has 1 amide bonds. The smallest absolute Gasteiger partial charge is 0.306 e.